The molecule has 1 fully saturated rings. The van der Waals surface area contributed by atoms with Crippen LogP contribution < -0.4 is 5.32 Å². The molecule has 1 aliphatic rings. The highest BCUT2D eigenvalue weighted by molar-refractivity contribution is 5.85. The summed E-state index contributed by atoms with van der Waals surface area (Å²) in [7, 11) is 0. The predicted octanol–water partition coefficient (Wildman–Crippen LogP) is 0.407. The second kappa shape index (κ2) is 6.50. The molecule has 1 N–H and O–H groups in total. The summed E-state index contributed by atoms with van der Waals surface area (Å²) >= 11 is 0. The van der Waals surface area contributed by atoms with Gasteiger partial charge in [0, 0.05) is 6.54 Å². The third kappa shape index (κ3) is 4.35. The Hall–Kier alpha value is 0.500. The van der Waals surface area contributed by atoms with E-state index in [0.717, 1.165) is 19.9 Å². The Kier molecular flexibility index (Phi) is 9.73. The van der Waals surface area contributed by atoms with Crippen molar-refractivity contribution in [3.05, 3.63) is 0 Å². The average Bonchev–Trinajstić information content (AvgIpc) is 1.76. The number of halogens is 2. The van der Waals surface area contributed by atoms with Crippen LogP contribution in [0.25, 0.3) is 0 Å². The molecule has 2 nitrogen and oxygen atoms in total. The van der Waals surface area contributed by atoms with Crippen LogP contribution in [0.5, 0.6) is 0 Å². The minimum absolute atomic E-state index is 0. The maximum atomic E-state index is 4.83. The Balaban J connectivity index is 0. The van der Waals surface area contributed by atoms with Crippen molar-refractivity contribution >= 4 is 24.8 Å². The third-order valence-electron chi connectivity index (χ3n) is 0.627. The van der Waals surface area contributed by atoms with E-state index in [1.807, 2.05) is 0 Å². The van der Waals surface area contributed by atoms with Crippen LogP contribution in [0.15, 0.2) is 0 Å². The summed E-state index contributed by atoms with van der Waals surface area (Å²) in [6.45, 7) is 2.67. The molecule has 0 aliphatic carbocycles. The first kappa shape index (κ1) is 10.5. The maximum absolute atomic E-state index is 4.83. The van der Waals surface area contributed by atoms with Gasteiger partial charge in [0.2, 0.25) is 0 Å². The summed E-state index contributed by atoms with van der Waals surface area (Å²) in [4.78, 5) is 0. The van der Waals surface area contributed by atoms with E-state index in [-0.39, 0.29) is 24.8 Å². The minimum atomic E-state index is 0. The van der Waals surface area contributed by atoms with Crippen molar-refractivity contribution in [1.29, 1.82) is 0 Å². The van der Waals surface area contributed by atoms with Crippen LogP contribution in [0.3, 0.4) is 0 Å². The highest BCUT2D eigenvalue weighted by atomic mass is 35.5. The van der Waals surface area contributed by atoms with Gasteiger partial charge in [-0.05, 0) is 0 Å². The van der Waals surface area contributed by atoms with E-state index in [1.54, 1.807) is 0 Å². The van der Waals surface area contributed by atoms with Crippen LogP contribution in [0.2, 0.25) is 0 Å². The number of rotatable bonds is 0. The van der Waals surface area contributed by atoms with Crippen molar-refractivity contribution in [3.8, 4) is 0 Å². The molecular formula is C3H9Cl2NO. The van der Waals surface area contributed by atoms with Crippen molar-refractivity contribution in [2.45, 2.75) is 0 Å². The summed E-state index contributed by atoms with van der Waals surface area (Å²) in [6.07, 6.45) is 0. The van der Waals surface area contributed by atoms with E-state index in [0.29, 0.717) is 0 Å². The molecule has 1 aliphatic heterocycles. The van der Waals surface area contributed by atoms with Gasteiger partial charge in [0.05, 0.1) is 13.3 Å². The SMILES string of the molecule is C1COCN1.Cl.Cl. The normalized spacial score (nSPS) is 17.1. The minimum Gasteiger partial charge on any atom is -0.365 e. The van der Waals surface area contributed by atoms with Gasteiger partial charge >= 0.3 is 0 Å². The first-order valence-electron chi connectivity index (χ1n) is 1.78. The van der Waals surface area contributed by atoms with Gasteiger partial charge in [0.15, 0.2) is 0 Å². The molecule has 0 atom stereocenters. The largest absolute Gasteiger partial charge is 0.365 e. The first-order valence-corrected chi connectivity index (χ1v) is 1.78. The van der Waals surface area contributed by atoms with Gasteiger partial charge in [0.25, 0.3) is 0 Å². The molecule has 0 aromatic carbocycles. The molecule has 1 heterocycles. The van der Waals surface area contributed by atoms with E-state index in [9.17, 15) is 0 Å². The van der Waals surface area contributed by atoms with Crippen molar-refractivity contribution in [2.75, 3.05) is 19.9 Å². The quantitative estimate of drug-likeness (QED) is 0.534. The van der Waals surface area contributed by atoms with Gasteiger partial charge < -0.3 is 4.74 Å². The van der Waals surface area contributed by atoms with Crippen molar-refractivity contribution in [3.63, 3.8) is 0 Å². The summed E-state index contributed by atoms with van der Waals surface area (Å²) in [6, 6.07) is 0. The number of hydrogen-bond acceptors (Lipinski definition) is 2. The highest BCUT2D eigenvalue weighted by Gasteiger charge is 1.92. The van der Waals surface area contributed by atoms with Crippen molar-refractivity contribution in [2.24, 2.45) is 0 Å². The Morgan fingerprint density at radius 1 is 1.29 bits per heavy atom. The van der Waals surface area contributed by atoms with Gasteiger partial charge in [-0.15, -0.1) is 24.8 Å². The predicted molar refractivity (Wildman–Crippen MR) is 33.3 cm³/mol. The van der Waals surface area contributed by atoms with E-state index in [4.69, 9.17) is 4.74 Å². The van der Waals surface area contributed by atoms with Gasteiger partial charge in [-0.25, -0.2) is 0 Å². The molecule has 7 heavy (non-hydrogen) atoms. The molecule has 0 aromatic rings. The molecule has 0 unspecified atom stereocenters. The molecular weight excluding hydrogens is 137 g/mol. The Morgan fingerprint density at radius 3 is 2.14 bits per heavy atom. The number of nitrogens with one attached hydrogen (secondary N) is 1. The van der Waals surface area contributed by atoms with Crippen LogP contribution >= 0.6 is 24.8 Å². The van der Waals surface area contributed by atoms with Crippen molar-refractivity contribution in [1.82, 2.24) is 5.32 Å². The van der Waals surface area contributed by atoms with E-state index in [2.05, 4.69) is 5.32 Å². The molecule has 4 heteroatoms. The smallest absolute Gasteiger partial charge is 0.0966 e. The summed E-state index contributed by atoms with van der Waals surface area (Å²) in [5.41, 5.74) is 0. The molecule has 46 valence electrons. The third-order valence-corrected chi connectivity index (χ3v) is 0.627. The molecule has 0 spiro atoms. The van der Waals surface area contributed by atoms with Crippen LogP contribution in [-0.4, -0.2) is 19.9 Å². The van der Waals surface area contributed by atoms with E-state index < -0.39 is 0 Å². The lowest BCUT2D eigenvalue weighted by molar-refractivity contribution is 0.194. The summed E-state index contributed by atoms with van der Waals surface area (Å²) in [5.74, 6) is 0. The molecule has 0 bridgehead atoms. The molecule has 0 aromatic heterocycles. The Morgan fingerprint density at radius 2 is 2.00 bits per heavy atom. The van der Waals surface area contributed by atoms with Crippen LogP contribution in [-0.2, 0) is 4.74 Å². The van der Waals surface area contributed by atoms with Gasteiger partial charge in [-0.1, -0.05) is 0 Å². The second-order valence-electron chi connectivity index (χ2n) is 1.05. The van der Waals surface area contributed by atoms with Crippen LogP contribution in [0.1, 0.15) is 0 Å². The second-order valence-corrected chi connectivity index (χ2v) is 1.05. The van der Waals surface area contributed by atoms with Crippen LogP contribution in [0, 0.1) is 0 Å². The van der Waals surface area contributed by atoms with Gasteiger partial charge in [-0.3, -0.25) is 5.32 Å². The van der Waals surface area contributed by atoms with E-state index in [1.165, 1.54) is 0 Å². The lowest BCUT2D eigenvalue weighted by atomic mass is 10.7. The molecule has 0 radical (unpaired) electrons. The zero-order chi connectivity index (χ0) is 3.54. The number of ether oxygens (including phenoxy) is 1. The van der Waals surface area contributed by atoms with Gasteiger partial charge in [-0.2, -0.15) is 0 Å². The molecule has 1 rings (SSSR count). The Labute approximate surface area is 55.4 Å². The average molecular weight is 146 g/mol. The summed E-state index contributed by atoms with van der Waals surface area (Å²) < 4.78 is 4.83. The van der Waals surface area contributed by atoms with Crippen molar-refractivity contribution < 1.29 is 4.74 Å². The zero-order valence-electron chi connectivity index (χ0n) is 3.85. The fraction of sp³-hybridized carbons (Fsp3) is 1.00. The number of hydrogen-bond donors (Lipinski definition) is 1. The molecule has 0 amide bonds. The standard InChI is InChI=1S/C3H7NO.2ClH/c1-2-5-3-4-1;;/h4H,1-3H2;2*1H. The topological polar surface area (TPSA) is 21.3 Å². The Bertz CT molecular complexity index is 24.5. The maximum Gasteiger partial charge on any atom is 0.0966 e. The fourth-order valence-corrected chi connectivity index (χ4v) is 0.361. The lowest BCUT2D eigenvalue weighted by Gasteiger charge is -1.76. The monoisotopic (exact) mass is 145 g/mol. The zero-order valence-corrected chi connectivity index (χ0v) is 5.48. The lowest BCUT2D eigenvalue weighted by Crippen LogP contribution is -2.05. The highest BCUT2D eigenvalue weighted by Crippen LogP contribution is 1.75. The van der Waals surface area contributed by atoms with Crippen LogP contribution in [0.4, 0.5) is 0 Å². The first-order chi connectivity index (χ1) is 2.50. The fourth-order valence-electron chi connectivity index (χ4n) is 0.361. The van der Waals surface area contributed by atoms with E-state index >= 15 is 0 Å². The van der Waals surface area contributed by atoms with Gasteiger partial charge in [0.1, 0.15) is 0 Å². The summed E-state index contributed by atoms with van der Waals surface area (Å²) in [5, 5.41) is 3.00. The molecule has 1 saturated heterocycles. The molecule has 0 saturated carbocycles.